The second-order valence-electron chi connectivity index (χ2n) is 5.15. The molecule has 1 aromatic carbocycles. The Morgan fingerprint density at radius 2 is 2.00 bits per heavy atom. The molecular formula is C15H18N2O3. The van der Waals surface area contributed by atoms with Crippen molar-refractivity contribution >= 4 is 22.6 Å². The number of pyridine rings is 1. The summed E-state index contributed by atoms with van der Waals surface area (Å²) >= 11 is 0. The molecular weight excluding hydrogens is 256 g/mol. The van der Waals surface area contributed by atoms with Gasteiger partial charge in [0.05, 0.1) is 12.1 Å². The van der Waals surface area contributed by atoms with E-state index in [-0.39, 0.29) is 6.54 Å². The van der Waals surface area contributed by atoms with Gasteiger partial charge in [-0.2, -0.15) is 0 Å². The van der Waals surface area contributed by atoms with Gasteiger partial charge in [-0.3, -0.25) is 4.98 Å². The first-order chi connectivity index (χ1) is 9.33. The van der Waals surface area contributed by atoms with Gasteiger partial charge in [-0.15, -0.1) is 0 Å². The highest BCUT2D eigenvalue weighted by molar-refractivity contribution is 5.93. The molecule has 1 heterocycles. The summed E-state index contributed by atoms with van der Waals surface area (Å²) in [6.07, 6.45) is 0. The lowest BCUT2D eigenvalue weighted by molar-refractivity contribution is -0.155. The number of nitrogens with zero attached hydrogens (tertiary/aromatic N) is 1. The maximum absolute atomic E-state index is 11.0. The maximum Gasteiger partial charge on any atom is 0.337 e. The Hall–Kier alpha value is -2.14. The van der Waals surface area contributed by atoms with Crippen LogP contribution in [0.3, 0.4) is 0 Å². The molecule has 1 unspecified atom stereocenters. The summed E-state index contributed by atoms with van der Waals surface area (Å²) in [5.74, 6) is -1.25. The highest BCUT2D eigenvalue weighted by Gasteiger charge is 2.29. The third-order valence-corrected chi connectivity index (χ3v) is 3.45. The largest absolute Gasteiger partial charge is 0.479 e. The van der Waals surface area contributed by atoms with Crippen molar-refractivity contribution in [1.82, 2.24) is 4.98 Å². The van der Waals surface area contributed by atoms with Crippen molar-refractivity contribution in [2.75, 3.05) is 11.9 Å². The van der Waals surface area contributed by atoms with Crippen molar-refractivity contribution < 1.29 is 15.0 Å². The Morgan fingerprint density at radius 1 is 1.35 bits per heavy atom. The lowest BCUT2D eigenvalue weighted by Gasteiger charge is -2.21. The molecule has 0 bridgehead atoms. The highest BCUT2D eigenvalue weighted by Crippen LogP contribution is 2.28. The summed E-state index contributed by atoms with van der Waals surface area (Å²) in [7, 11) is 0. The summed E-state index contributed by atoms with van der Waals surface area (Å²) in [4.78, 5) is 15.5. The number of hydrogen-bond acceptors (Lipinski definition) is 4. The zero-order valence-corrected chi connectivity index (χ0v) is 11.8. The third-order valence-electron chi connectivity index (χ3n) is 3.45. The monoisotopic (exact) mass is 274 g/mol. The van der Waals surface area contributed by atoms with E-state index in [1.54, 1.807) is 0 Å². The first-order valence-electron chi connectivity index (χ1n) is 6.38. The number of aliphatic hydroxyl groups is 1. The number of carboxylic acids is 1. The minimum atomic E-state index is -1.81. The zero-order chi connectivity index (χ0) is 14.9. The van der Waals surface area contributed by atoms with E-state index >= 15 is 0 Å². The van der Waals surface area contributed by atoms with Gasteiger partial charge in [0.25, 0.3) is 0 Å². The van der Waals surface area contributed by atoms with Crippen LogP contribution in [0, 0.1) is 13.8 Å². The fraction of sp³-hybridized carbons (Fsp3) is 0.333. The van der Waals surface area contributed by atoms with Crippen LogP contribution in [0.15, 0.2) is 24.3 Å². The Kier molecular flexibility index (Phi) is 3.63. The van der Waals surface area contributed by atoms with E-state index in [0.29, 0.717) is 0 Å². The van der Waals surface area contributed by atoms with Gasteiger partial charge in [-0.25, -0.2) is 4.79 Å². The number of nitrogens with one attached hydrogen (secondary N) is 1. The predicted molar refractivity (Wildman–Crippen MR) is 78.0 cm³/mol. The van der Waals surface area contributed by atoms with Crippen LogP contribution >= 0.6 is 0 Å². The fourth-order valence-electron chi connectivity index (χ4n) is 1.99. The molecule has 5 heteroatoms. The molecule has 0 aliphatic heterocycles. The molecule has 0 radical (unpaired) electrons. The van der Waals surface area contributed by atoms with Crippen LogP contribution in [0.1, 0.15) is 18.2 Å². The van der Waals surface area contributed by atoms with E-state index in [4.69, 9.17) is 5.11 Å². The summed E-state index contributed by atoms with van der Waals surface area (Å²) in [6.45, 7) is 5.03. The van der Waals surface area contributed by atoms with Crippen molar-refractivity contribution in [3.05, 3.63) is 35.5 Å². The lowest BCUT2D eigenvalue weighted by Crippen LogP contribution is -2.42. The van der Waals surface area contributed by atoms with E-state index < -0.39 is 11.6 Å². The maximum atomic E-state index is 11.0. The van der Waals surface area contributed by atoms with Crippen LogP contribution in [0.25, 0.3) is 10.9 Å². The van der Waals surface area contributed by atoms with Crippen molar-refractivity contribution in [3.8, 4) is 0 Å². The lowest BCUT2D eigenvalue weighted by atomic mass is 10.0. The van der Waals surface area contributed by atoms with Gasteiger partial charge >= 0.3 is 5.97 Å². The molecule has 0 amide bonds. The minimum absolute atomic E-state index is 0.0728. The fourth-order valence-corrected chi connectivity index (χ4v) is 1.99. The van der Waals surface area contributed by atoms with E-state index in [2.05, 4.69) is 10.3 Å². The molecule has 2 rings (SSSR count). The van der Waals surface area contributed by atoms with Gasteiger partial charge < -0.3 is 15.5 Å². The van der Waals surface area contributed by atoms with Crippen molar-refractivity contribution in [1.29, 1.82) is 0 Å². The Morgan fingerprint density at radius 3 is 2.65 bits per heavy atom. The number of carbonyl (C=O) groups is 1. The second kappa shape index (κ2) is 5.09. The Labute approximate surface area is 117 Å². The number of para-hydroxylation sites is 1. The average Bonchev–Trinajstić information content (AvgIpc) is 2.39. The predicted octanol–water partition coefficient (Wildman–Crippen LogP) is 2.10. The third kappa shape index (κ3) is 2.58. The van der Waals surface area contributed by atoms with Crippen molar-refractivity contribution in [3.63, 3.8) is 0 Å². The van der Waals surface area contributed by atoms with Crippen LogP contribution in [0.5, 0.6) is 0 Å². The smallest absolute Gasteiger partial charge is 0.337 e. The molecule has 0 aliphatic rings. The molecule has 1 aromatic heterocycles. The van der Waals surface area contributed by atoms with Gasteiger partial charge in [-0.1, -0.05) is 18.2 Å². The number of hydrogen-bond donors (Lipinski definition) is 3. The molecule has 0 saturated carbocycles. The molecule has 0 aliphatic carbocycles. The van der Waals surface area contributed by atoms with Gasteiger partial charge in [0.15, 0.2) is 5.60 Å². The summed E-state index contributed by atoms with van der Waals surface area (Å²) in [6, 6.07) is 7.63. The molecule has 5 nitrogen and oxygen atoms in total. The number of benzene rings is 1. The van der Waals surface area contributed by atoms with Crippen LogP contribution in [0.2, 0.25) is 0 Å². The first-order valence-corrected chi connectivity index (χ1v) is 6.38. The Bertz CT molecular complexity index is 665. The number of aromatic nitrogens is 1. The van der Waals surface area contributed by atoms with Crippen LogP contribution in [-0.2, 0) is 4.79 Å². The number of anilines is 1. The molecule has 0 spiro atoms. The summed E-state index contributed by atoms with van der Waals surface area (Å²) in [5, 5.41) is 22.7. The van der Waals surface area contributed by atoms with Gasteiger partial charge in [0.1, 0.15) is 0 Å². The molecule has 2 aromatic rings. The summed E-state index contributed by atoms with van der Waals surface area (Å²) in [5.41, 5.74) is 1.67. The van der Waals surface area contributed by atoms with E-state index in [0.717, 1.165) is 27.8 Å². The number of rotatable bonds is 4. The van der Waals surface area contributed by atoms with Crippen LogP contribution < -0.4 is 5.32 Å². The van der Waals surface area contributed by atoms with Gasteiger partial charge in [0.2, 0.25) is 0 Å². The van der Waals surface area contributed by atoms with Crippen molar-refractivity contribution in [2.45, 2.75) is 26.4 Å². The van der Waals surface area contributed by atoms with E-state index in [1.165, 1.54) is 6.92 Å². The number of aliphatic carboxylic acids is 1. The topological polar surface area (TPSA) is 82.5 Å². The first kappa shape index (κ1) is 14.3. The number of aryl methyl sites for hydroxylation is 1. The Balaban J connectivity index is 2.43. The normalized spacial score (nSPS) is 14.0. The van der Waals surface area contributed by atoms with Crippen molar-refractivity contribution in [2.24, 2.45) is 0 Å². The summed E-state index contributed by atoms with van der Waals surface area (Å²) < 4.78 is 0. The molecule has 106 valence electrons. The van der Waals surface area contributed by atoms with Crippen LogP contribution in [-0.4, -0.2) is 33.3 Å². The van der Waals surface area contributed by atoms with Crippen LogP contribution in [0.4, 0.5) is 5.69 Å². The van der Waals surface area contributed by atoms with Gasteiger partial charge in [0, 0.05) is 16.8 Å². The highest BCUT2D eigenvalue weighted by atomic mass is 16.4. The minimum Gasteiger partial charge on any atom is -0.479 e. The van der Waals surface area contributed by atoms with E-state index in [1.807, 2.05) is 38.1 Å². The second-order valence-corrected chi connectivity index (χ2v) is 5.15. The molecule has 0 saturated heterocycles. The van der Waals surface area contributed by atoms with E-state index in [9.17, 15) is 9.90 Å². The molecule has 3 N–H and O–H groups in total. The molecule has 1 atom stereocenters. The standard InChI is InChI=1S/C15H18N2O3/c1-9-10(2)17-12-7-5-4-6-11(12)13(9)16-8-15(3,20)14(18)19/h4-7,20H,8H2,1-3H3,(H,16,17)(H,18,19). The molecule has 0 fully saturated rings. The SMILES string of the molecule is Cc1nc2ccccc2c(NCC(C)(O)C(=O)O)c1C. The number of carboxylic acid groups (broad SMARTS) is 1. The van der Waals surface area contributed by atoms with Gasteiger partial charge in [-0.05, 0) is 32.4 Å². The average molecular weight is 274 g/mol. The zero-order valence-electron chi connectivity index (χ0n) is 11.8. The quantitative estimate of drug-likeness (QED) is 0.795. The number of fused-ring (bicyclic) bond motifs is 1. The molecule has 20 heavy (non-hydrogen) atoms.